The van der Waals surface area contributed by atoms with Crippen LogP contribution in [0.15, 0.2) is 45.6 Å². The predicted octanol–water partition coefficient (Wildman–Crippen LogP) is 5.10. The van der Waals surface area contributed by atoms with Crippen molar-refractivity contribution in [2.75, 3.05) is 6.61 Å². The third kappa shape index (κ3) is 3.23. The molecule has 0 aromatic carbocycles. The Bertz CT molecular complexity index is 455. The average Bonchev–Trinajstić information content (AvgIpc) is 2.89. The molecule has 0 saturated heterocycles. The van der Waals surface area contributed by atoms with Crippen LogP contribution in [0.5, 0.6) is 0 Å². The van der Waals surface area contributed by atoms with Crippen LogP contribution < -0.4 is 0 Å². The van der Waals surface area contributed by atoms with E-state index in [0.29, 0.717) is 5.92 Å². The number of allylic oxidation sites excluding steroid dienone is 6. The van der Waals surface area contributed by atoms with Crippen LogP contribution in [0.3, 0.4) is 0 Å². The monoisotopic (exact) mass is 354 g/mol. The molecule has 2 aliphatic carbocycles. The molecule has 102 valence electrons. The first-order valence-corrected chi connectivity index (χ1v) is 10.9. The van der Waals surface area contributed by atoms with E-state index in [1.807, 2.05) is 0 Å². The number of halogens is 1. The Kier molecular flexibility index (Phi) is 5.46. The van der Waals surface area contributed by atoms with E-state index in [0.717, 1.165) is 19.4 Å². The zero-order valence-corrected chi connectivity index (χ0v) is 15.4. The summed E-state index contributed by atoms with van der Waals surface area (Å²) in [4.78, 5) is 0. The molecule has 0 atom stereocenters. The fraction of sp³-hybridized carbons (Fsp3) is 0.500. The van der Waals surface area contributed by atoms with E-state index < -0.39 is 22.5 Å². The Hall–Kier alpha value is 0.0931. The van der Waals surface area contributed by atoms with Crippen molar-refractivity contribution in [3.8, 4) is 0 Å². The second-order valence-corrected chi connectivity index (χ2v) is 7.43. The molecule has 0 spiro atoms. The SMILES string of the molecule is CC1=CCC(C(C[O][Zr][Cl])C2=C(C)C(C)=CC2)=C1C. The van der Waals surface area contributed by atoms with Gasteiger partial charge in [-0.25, -0.2) is 0 Å². The van der Waals surface area contributed by atoms with Gasteiger partial charge in [0.05, 0.1) is 0 Å². The van der Waals surface area contributed by atoms with E-state index >= 15 is 0 Å². The quantitative estimate of drug-likeness (QED) is 0.666. The molecule has 0 aliphatic heterocycles. The van der Waals surface area contributed by atoms with Crippen LogP contribution in [0.25, 0.3) is 0 Å². The van der Waals surface area contributed by atoms with Gasteiger partial charge in [0.25, 0.3) is 0 Å². The Labute approximate surface area is 132 Å². The van der Waals surface area contributed by atoms with Crippen LogP contribution in [0, 0.1) is 5.92 Å². The van der Waals surface area contributed by atoms with E-state index in [4.69, 9.17) is 11.3 Å². The van der Waals surface area contributed by atoms with Gasteiger partial charge >= 0.3 is 132 Å². The van der Waals surface area contributed by atoms with E-state index in [9.17, 15) is 0 Å². The van der Waals surface area contributed by atoms with Crippen LogP contribution in [-0.2, 0) is 25.3 Å². The summed E-state index contributed by atoms with van der Waals surface area (Å²) in [6, 6.07) is 0. The van der Waals surface area contributed by atoms with Gasteiger partial charge in [-0.1, -0.05) is 0 Å². The molecular formula is C16H21ClOZr. The molecule has 0 heterocycles. The molecule has 3 heteroatoms. The minimum absolute atomic E-state index is 0.432. The first-order chi connectivity index (χ1) is 9.06. The van der Waals surface area contributed by atoms with Crippen LogP contribution in [-0.4, -0.2) is 6.61 Å². The maximum absolute atomic E-state index is 5.88. The van der Waals surface area contributed by atoms with E-state index in [1.165, 1.54) is 22.3 Å². The van der Waals surface area contributed by atoms with Gasteiger partial charge in [-0.2, -0.15) is 0 Å². The summed E-state index contributed by atoms with van der Waals surface area (Å²) in [7, 11) is 5.88. The number of hydrogen-bond donors (Lipinski definition) is 0. The third-order valence-corrected chi connectivity index (χ3v) is 5.87. The Morgan fingerprint density at radius 2 is 1.53 bits per heavy atom. The van der Waals surface area contributed by atoms with Crippen LogP contribution in [0.4, 0.5) is 0 Å². The molecule has 2 aliphatic rings. The second-order valence-electron chi connectivity index (χ2n) is 5.42. The van der Waals surface area contributed by atoms with Gasteiger partial charge in [-0.05, 0) is 0 Å². The Morgan fingerprint density at radius 1 is 1.05 bits per heavy atom. The normalized spacial score (nSPS) is 19.5. The van der Waals surface area contributed by atoms with Crippen molar-refractivity contribution < 1.29 is 25.3 Å². The second kappa shape index (κ2) is 6.70. The summed E-state index contributed by atoms with van der Waals surface area (Å²) in [6.45, 7) is 9.67. The van der Waals surface area contributed by atoms with E-state index in [-0.39, 0.29) is 0 Å². The van der Waals surface area contributed by atoms with Crippen LogP contribution in [0.1, 0.15) is 40.5 Å². The predicted molar refractivity (Wildman–Crippen MR) is 77.4 cm³/mol. The molecular weight excluding hydrogens is 335 g/mol. The van der Waals surface area contributed by atoms with Crippen molar-refractivity contribution in [2.45, 2.75) is 40.5 Å². The molecule has 0 N–H and O–H groups in total. The molecule has 0 fully saturated rings. The first kappa shape index (κ1) is 15.5. The minimum atomic E-state index is -1.10. The summed E-state index contributed by atoms with van der Waals surface area (Å²) in [5, 5.41) is 0. The topological polar surface area (TPSA) is 9.23 Å². The fourth-order valence-electron chi connectivity index (χ4n) is 2.98. The zero-order valence-electron chi connectivity index (χ0n) is 12.1. The summed E-state index contributed by atoms with van der Waals surface area (Å²) in [6.07, 6.45) is 6.83. The number of rotatable bonds is 5. The average molecular weight is 356 g/mol. The van der Waals surface area contributed by atoms with Gasteiger partial charge in [0, 0.05) is 0 Å². The van der Waals surface area contributed by atoms with Crippen molar-refractivity contribution in [3.05, 3.63) is 45.6 Å². The summed E-state index contributed by atoms with van der Waals surface area (Å²) >= 11 is -1.10. The molecule has 0 bridgehead atoms. The van der Waals surface area contributed by atoms with Crippen molar-refractivity contribution in [1.29, 1.82) is 0 Å². The van der Waals surface area contributed by atoms with Gasteiger partial charge in [0.1, 0.15) is 0 Å². The molecule has 0 saturated carbocycles. The fourth-order valence-corrected chi connectivity index (χ4v) is 3.92. The molecule has 19 heavy (non-hydrogen) atoms. The third-order valence-electron chi connectivity index (χ3n) is 4.55. The molecule has 0 amide bonds. The van der Waals surface area contributed by atoms with Crippen LogP contribution >= 0.6 is 8.51 Å². The molecule has 1 nitrogen and oxygen atoms in total. The van der Waals surface area contributed by atoms with Crippen molar-refractivity contribution >= 4 is 8.51 Å². The molecule has 0 aromatic heterocycles. The van der Waals surface area contributed by atoms with Gasteiger partial charge in [-0.3, -0.25) is 0 Å². The Balaban J connectivity index is 2.29. The van der Waals surface area contributed by atoms with Gasteiger partial charge in [0.2, 0.25) is 0 Å². The summed E-state index contributed by atoms with van der Waals surface area (Å²) in [5.74, 6) is 0.432. The van der Waals surface area contributed by atoms with Gasteiger partial charge < -0.3 is 0 Å². The summed E-state index contributed by atoms with van der Waals surface area (Å²) in [5.41, 5.74) is 8.84. The molecule has 0 unspecified atom stereocenters. The van der Waals surface area contributed by atoms with E-state index in [1.54, 1.807) is 11.1 Å². The molecule has 0 radical (unpaired) electrons. The standard InChI is InChI=1S/C16H21O.ClH.Zr/c1-10-5-7-14(12(10)3)16(9-17)15-8-6-11(2)13(15)4;;/h5-6,16H,7-9H2,1-4H3;1H;/q-1;;+2/p-1. The maximum atomic E-state index is 5.88. The zero-order chi connectivity index (χ0) is 14.0. The molecule has 0 aromatic rings. The van der Waals surface area contributed by atoms with Crippen molar-refractivity contribution in [3.63, 3.8) is 0 Å². The number of hydrogen-bond acceptors (Lipinski definition) is 1. The Morgan fingerprint density at radius 3 is 1.84 bits per heavy atom. The van der Waals surface area contributed by atoms with Crippen molar-refractivity contribution in [1.82, 2.24) is 0 Å². The molecule has 2 rings (SSSR count). The van der Waals surface area contributed by atoms with Gasteiger partial charge in [-0.15, -0.1) is 0 Å². The van der Waals surface area contributed by atoms with Crippen molar-refractivity contribution in [2.24, 2.45) is 5.92 Å². The van der Waals surface area contributed by atoms with Gasteiger partial charge in [0.15, 0.2) is 0 Å². The summed E-state index contributed by atoms with van der Waals surface area (Å²) < 4.78 is 5.71. The first-order valence-electron chi connectivity index (χ1n) is 6.77. The van der Waals surface area contributed by atoms with Crippen LogP contribution in [0.2, 0.25) is 0 Å². The van der Waals surface area contributed by atoms with E-state index in [2.05, 4.69) is 39.8 Å².